The number of aromatic nitrogens is 6. The van der Waals surface area contributed by atoms with E-state index in [1.807, 2.05) is 163 Å². The third-order valence-electron chi connectivity index (χ3n) is 23.4. The first-order chi connectivity index (χ1) is 63.8. The molecule has 0 spiro atoms. The van der Waals surface area contributed by atoms with Gasteiger partial charge in [-0.25, -0.2) is 48.9 Å². The zero-order chi connectivity index (χ0) is 90.0. The van der Waals surface area contributed by atoms with Gasteiger partial charge in [0.25, 0.3) is 5.91 Å². The molecule has 8 N–H and O–H groups in total. The van der Waals surface area contributed by atoms with Gasteiger partial charge in [0.1, 0.15) is 67.4 Å². The van der Waals surface area contributed by atoms with Crippen LogP contribution in [0.15, 0.2) is 294 Å². The number of carbonyl (C=O) groups is 1. The van der Waals surface area contributed by atoms with Crippen LogP contribution in [0.3, 0.4) is 0 Å². The Morgan fingerprint density at radius 2 is 0.832 bits per heavy atom. The Bertz CT molecular complexity index is 7090. The van der Waals surface area contributed by atoms with Crippen molar-refractivity contribution in [3.8, 4) is 22.7 Å². The Balaban J connectivity index is 0.000000110. The molecular weight excluding hydrogens is 1660 g/mol. The molecule has 10 aromatic heterocycles. The molecule has 131 heavy (non-hydrogen) atoms. The highest BCUT2D eigenvalue weighted by atomic mass is 16.4. The van der Waals surface area contributed by atoms with Crippen molar-refractivity contribution < 1.29 is 31.3 Å². The lowest BCUT2D eigenvalue weighted by atomic mass is 10.1. The molecule has 17 aromatic rings. The molecule has 0 bridgehead atoms. The minimum atomic E-state index is -0.639. The van der Waals surface area contributed by atoms with Gasteiger partial charge in [-0.15, -0.1) is 0 Å². The summed E-state index contributed by atoms with van der Waals surface area (Å²) in [7, 11) is 0. The van der Waals surface area contributed by atoms with Crippen molar-refractivity contribution in [3.63, 3.8) is 0 Å². The average molecular weight is 1760 g/mol. The van der Waals surface area contributed by atoms with Crippen molar-refractivity contribution in [1.82, 2.24) is 55.9 Å². The van der Waals surface area contributed by atoms with E-state index in [1.54, 1.807) is 67.1 Å². The van der Waals surface area contributed by atoms with Crippen LogP contribution in [0.25, 0.3) is 94.3 Å². The molecular formula is C100H99N19O12. The fourth-order valence-electron chi connectivity index (χ4n) is 17.0. The number of para-hydroxylation sites is 2. The molecule has 0 aliphatic carbocycles. The third kappa shape index (κ3) is 20.5. The first-order valence-electron chi connectivity index (χ1n) is 44.0. The lowest BCUT2D eigenvalue weighted by molar-refractivity contribution is 0.102. The van der Waals surface area contributed by atoms with Gasteiger partial charge in [0, 0.05) is 251 Å². The Morgan fingerprint density at radius 3 is 1.33 bits per heavy atom. The summed E-state index contributed by atoms with van der Waals surface area (Å²) in [5.74, 6) is 0.789. The summed E-state index contributed by atoms with van der Waals surface area (Å²) in [5, 5.41) is 29.9. The summed E-state index contributed by atoms with van der Waals surface area (Å²) in [6.07, 6.45) is 8.65. The molecule has 0 unspecified atom stereocenters. The summed E-state index contributed by atoms with van der Waals surface area (Å²) in [4.78, 5) is 107. The number of anilines is 10. The lowest BCUT2D eigenvalue weighted by Crippen LogP contribution is -2.54. The van der Waals surface area contributed by atoms with E-state index >= 15 is 0 Å². The van der Waals surface area contributed by atoms with Gasteiger partial charge in [-0.2, -0.15) is 0 Å². The number of hydrogen-bond acceptors (Lipinski definition) is 29. The lowest BCUT2D eigenvalue weighted by Gasteiger charge is -2.37. The average Bonchev–Trinajstić information content (AvgIpc) is 1.53. The number of nitrogens with zero attached hydrogens (tertiary/aromatic N) is 11. The van der Waals surface area contributed by atoms with Crippen LogP contribution in [0.5, 0.6) is 0 Å². The summed E-state index contributed by atoms with van der Waals surface area (Å²) in [6, 6.07) is 67.9. The van der Waals surface area contributed by atoms with Crippen LogP contribution in [0.4, 0.5) is 57.3 Å². The normalized spacial score (nSPS) is 17.0. The van der Waals surface area contributed by atoms with Gasteiger partial charge < -0.3 is 97.9 Å². The molecule has 31 heteroatoms. The van der Waals surface area contributed by atoms with Crippen molar-refractivity contribution in [3.05, 3.63) is 307 Å². The van der Waals surface area contributed by atoms with E-state index in [1.165, 1.54) is 0 Å². The molecule has 31 nitrogen and oxygen atoms in total. The zero-order valence-corrected chi connectivity index (χ0v) is 73.0. The Kier molecular flexibility index (Phi) is 25.9. The maximum Gasteiger partial charge on any atom is 0.360 e. The number of nitrogens with one attached hydrogen (secondary N) is 8. The summed E-state index contributed by atoms with van der Waals surface area (Å²) in [5.41, 5.74) is 11.9. The number of rotatable bonds is 13. The van der Waals surface area contributed by atoms with Crippen LogP contribution in [0.1, 0.15) is 43.6 Å². The van der Waals surface area contributed by atoms with Gasteiger partial charge in [-0.3, -0.25) is 4.79 Å². The SMILES string of the molecule is C[C@@H]1CN(c2ccc3cc(C(=O)Nc4ccccc4)c(=O)oc3c2)C[C@H](C)N1.Cc1cccc2oc(-c3cc4ccc(N5C[C@@H](C)N[C@@H](C)C5)cc4oc3=O)nc12.O=c1oc2cc(N3CCNCC3)ccc2cc1-c1cn2ccccc2n1.O=c1oc2cc(N3CCNCC3)ccc2cc1Nc1ccccn1.O=c1oc2cc(N3CCNCC3)ccc2cc1Nc1ncccn1. The monoisotopic (exact) mass is 1760 g/mol. The van der Waals surface area contributed by atoms with Crippen LogP contribution >= 0.6 is 0 Å². The number of piperazine rings is 5. The van der Waals surface area contributed by atoms with Gasteiger partial charge in [0.05, 0.1) is 11.3 Å². The molecule has 0 radical (unpaired) electrons. The van der Waals surface area contributed by atoms with E-state index in [9.17, 15) is 28.8 Å². The summed E-state index contributed by atoms with van der Waals surface area (Å²) < 4.78 is 35.5. The van der Waals surface area contributed by atoms with Crippen LogP contribution in [0.2, 0.25) is 0 Å². The molecule has 5 aliphatic heterocycles. The zero-order valence-electron chi connectivity index (χ0n) is 73.0. The van der Waals surface area contributed by atoms with E-state index in [0.29, 0.717) is 109 Å². The molecule has 0 saturated carbocycles. The fourth-order valence-corrected chi connectivity index (χ4v) is 17.0. The Morgan fingerprint density at radius 1 is 0.389 bits per heavy atom. The predicted molar refractivity (Wildman–Crippen MR) is 515 cm³/mol. The number of imidazole rings is 1. The topological polar surface area (TPSA) is 363 Å². The smallest absolute Gasteiger partial charge is 0.360 e. The molecule has 5 aliphatic rings. The van der Waals surface area contributed by atoms with Crippen molar-refractivity contribution in [2.75, 3.05) is 145 Å². The standard InChI is InChI=1S/C23H23N3O3.C22H23N3O3.C20H18N4O2.C18H18N4O2.C17H17N5O2/c1-13-5-4-6-19-21(13)25-22(28-19)18-9-16-7-8-17(10-20(16)29-23(18)27)26-11-14(2)24-15(3)12-26;1-14-12-25(13-15(2)23-14)18-9-8-16-10-19(22(27)28-20(16)11-18)21(26)24-17-6-4-3-5-7-17;25-20-16(17-13-24-8-2-1-3-19(24)22-17)11-14-4-5-15(12-18(14)26-20)23-9-6-21-7-10-23;23-18-15(21-17-3-1-2-6-20-17)11-13-4-5-14(12-16(13)24-18)22-9-7-19-8-10-22;23-16-14(21-17-19-4-1-5-20-17)10-12-2-3-13(11-15(12)24-16)22-8-6-18-7-9-22/h4-10,14-15,24H,11-12H2,1-3H3;3-11,14-15,23H,12-13H2,1-2H3,(H,24,26);1-5,8,11-13,21H,6-7,9-10H2;1-6,11-12,19H,7-10H2,(H,20,21);1-5,10-11,18H,6-9H2,(H,19,20,21)/t2*14-,15+;;;. The molecule has 22 rings (SSSR count). The minimum absolute atomic E-state index is 0.00600. The fraction of sp³-hybridized carbons (Fsp3) is 0.250. The van der Waals surface area contributed by atoms with E-state index in [2.05, 4.69) is 144 Å². The van der Waals surface area contributed by atoms with E-state index in [0.717, 1.165) is 177 Å². The third-order valence-corrected chi connectivity index (χ3v) is 23.4. The van der Waals surface area contributed by atoms with Crippen LogP contribution in [0, 0.1) is 6.92 Å². The van der Waals surface area contributed by atoms with Crippen molar-refractivity contribution in [1.29, 1.82) is 0 Å². The Labute approximate surface area is 751 Å². The largest absolute Gasteiger partial charge is 0.436 e. The van der Waals surface area contributed by atoms with Gasteiger partial charge in [-0.1, -0.05) is 42.5 Å². The second-order valence-electron chi connectivity index (χ2n) is 33.2. The molecule has 666 valence electrons. The number of oxazole rings is 1. The highest BCUT2D eigenvalue weighted by Gasteiger charge is 2.27. The van der Waals surface area contributed by atoms with E-state index < -0.39 is 28.4 Å². The van der Waals surface area contributed by atoms with Crippen LogP contribution in [-0.2, 0) is 0 Å². The molecule has 5 saturated heterocycles. The second kappa shape index (κ2) is 39.2. The number of aryl methyl sites for hydroxylation is 1. The minimum Gasteiger partial charge on any atom is -0.436 e. The molecule has 15 heterocycles. The van der Waals surface area contributed by atoms with Crippen molar-refractivity contribution >= 4 is 135 Å². The molecule has 5 fully saturated rings. The number of fused-ring (bicyclic) bond motifs is 7. The van der Waals surface area contributed by atoms with Crippen LogP contribution in [-0.4, -0.2) is 164 Å². The number of hydrogen-bond donors (Lipinski definition) is 8. The van der Waals surface area contributed by atoms with Crippen molar-refractivity contribution in [2.45, 2.75) is 58.8 Å². The first-order valence-corrected chi connectivity index (χ1v) is 44.0. The highest BCUT2D eigenvalue weighted by Crippen LogP contribution is 2.33. The number of benzene rings is 7. The molecule has 7 aromatic carbocycles. The van der Waals surface area contributed by atoms with Gasteiger partial charge in [-0.05, 0) is 180 Å². The second-order valence-corrected chi connectivity index (χ2v) is 33.2. The predicted octanol–water partition coefficient (Wildman–Crippen LogP) is 13.9. The van der Waals surface area contributed by atoms with Gasteiger partial charge >= 0.3 is 28.1 Å². The van der Waals surface area contributed by atoms with Crippen LogP contribution < -0.4 is 95.2 Å². The van der Waals surface area contributed by atoms with E-state index in [-0.39, 0.29) is 11.2 Å². The maximum absolute atomic E-state index is 12.7. The molecule has 1 amide bonds. The summed E-state index contributed by atoms with van der Waals surface area (Å²) >= 11 is 0. The highest BCUT2D eigenvalue weighted by molar-refractivity contribution is 6.05. The van der Waals surface area contributed by atoms with Gasteiger partial charge in [0.15, 0.2) is 5.58 Å². The molecule has 4 atom stereocenters. The summed E-state index contributed by atoms with van der Waals surface area (Å²) in [6.45, 7) is 25.7. The Hall–Kier alpha value is -15.2. The maximum atomic E-state index is 12.7. The van der Waals surface area contributed by atoms with Gasteiger partial charge in [0.2, 0.25) is 11.8 Å². The van der Waals surface area contributed by atoms with Crippen molar-refractivity contribution in [2.24, 2.45) is 0 Å². The number of carbonyl (C=O) groups excluding carboxylic acids is 1. The number of amides is 1. The number of pyridine rings is 2. The first kappa shape index (κ1) is 86.6. The quantitative estimate of drug-likeness (QED) is 0.0497. The van der Waals surface area contributed by atoms with E-state index in [4.69, 9.17) is 26.5 Å².